The van der Waals surface area contributed by atoms with E-state index in [1.807, 2.05) is 68.4 Å². The molecule has 0 aromatic heterocycles. The van der Waals surface area contributed by atoms with Crippen LogP contribution in [0.15, 0.2) is 163 Å². The van der Waals surface area contributed by atoms with Crippen molar-refractivity contribution in [3.8, 4) is 0 Å². The molecule has 0 unspecified atom stereocenters. The molecule has 7 fully saturated rings. The molecule has 15 nitrogen and oxygen atoms in total. The van der Waals surface area contributed by atoms with Crippen molar-refractivity contribution in [3.05, 3.63) is 191 Å². The second-order valence-corrected chi connectivity index (χ2v) is 37.0. The van der Waals surface area contributed by atoms with E-state index in [-0.39, 0.29) is 78.0 Å². The maximum Gasteiger partial charge on any atom is 0.192 e. The van der Waals surface area contributed by atoms with Gasteiger partial charge >= 0.3 is 0 Å². The molecular weight excluding hydrogens is 1260 g/mol. The number of ether oxygens (including phenoxy) is 14. The molecule has 16 heteroatoms. The van der Waals surface area contributed by atoms with Gasteiger partial charge in [-0.3, -0.25) is 0 Å². The zero-order valence-electron chi connectivity index (χ0n) is 60.8. The van der Waals surface area contributed by atoms with Crippen LogP contribution in [0, 0.1) is 23.7 Å². The van der Waals surface area contributed by atoms with E-state index in [0.29, 0.717) is 78.2 Å². The zero-order chi connectivity index (χ0) is 69.1. The molecule has 5 aromatic rings. The first-order valence-corrected chi connectivity index (χ1v) is 40.1. The SMILES string of the molecule is C[C@@H]1C[C@H](O[Si](C)(C)C(C)(C)C)[C@@H](CC2=C[C@@H](C)[C@H](OCc3ccccc3)[C@@H]3O[C@]4(C[C@H](OCc5ccccc5)CO4)[C@@H](C)[C@H](C)[C@H]3O2)O[C@H]2C[C@H]3O[C@H]4C[C@H]5OC(C)(C)O[C@H]5C[C@@H](OCc5ccccc5)[C@H](COCc5ccccc5)O[C@@H]4C[C@@H](OCc4ccccc4)[C@]3(C)O[C@@H]2C1. The largest absolute Gasteiger partial charge is 0.492 e. The fraction of sp³-hybridized carbons (Fsp3) is 0.614. The van der Waals surface area contributed by atoms with E-state index in [9.17, 15) is 0 Å². The van der Waals surface area contributed by atoms with Crippen molar-refractivity contribution in [1.82, 2.24) is 0 Å². The zero-order valence-corrected chi connectivity index (χ0v) is 61.8. The van der Waals surface area contributed by atoms with Crippen LogP contribution in [0.2, 0.25) is 18.1 Å². The topological polar surface area (TPSA) is 138 Å². The van der Waals surface area contributed by atoms with Gasteiger partial charge in [-0.2, -0.15) is 0 Å². The number of hydrogen-bond donors (Lipinski definition) is 0. The highest BCUT2D eigenvalue weighted by atomic mass is 28.4. The van der Waals surface area contributed by atoms with Crippen molar-refractivity contribution >= 4 is 8.32 Å². The summed E-state index contributed by atoms with van der Waals surface area (Å²) < 4.78 is 110. The minimum absolute atomic E-state index is 0.00155. The summed E-state index contributed by atoms with van der Waals surface area (Å²) in [6.45, 7) is 29.9. The maximum absolute atomic E-state index is 7.95. The lowest BCUT2D eigenvalue weighted by molar-refractivity contribution is -0.337. The minimum atomic E-state index is -2.42. The Hall–Kier alpha value is -4.70. The predicted octanol–water partition coefficient (Wildman–Crippen LogP) is 16.0. The standard InChI is InChI=1S/C83H112O15Si/c1-54-38-70-69(91-66(73(39-54)98-99(11,12)80(5,6)7)41-63-40-55(2)77(88-51-62-36-26-17-27-37-62)79-78(90-63)56(3)57(4)83(97-79)46-64(52-89-83)85-48-59-30-20-14-21-31-59)45-76-82(10,96-70)75(87-50-61-34-24-16-25-35-61)44-68-67(93-76)43-72-71(94-81(8,9)95-72)42-65(86-49-60-32-22-15-23-33-60)74(92-68)53-84-47-58-28-18-13-19-29-58/h13-37,40,54-57,64-79H,38-39,41-53H2,1-12H3/t54-,55+,56-,57-,64-,65+,66+,67-,68+,69-,70+,71-,72+,73-,74-,75+,76+,77-,78+,79-,82-,83+/m0/s1. The smallest absolute Gasteiger partial charge is 0.192 e. The van der Waals surface area contributed by atoms with Crippen molar-refractivity contribution in [2.45, 2.75) is 287 Å². The van der Waals surface area contributed by atoms with Crippen LogP contribution in [0.1, 0.15) is 148 Å². The van der Waals surface area contributed by atoms with Crippen molar-refractivity contribution in [2.24, 2.45) is 23.7 Å². The Bertz CT molecular complexity index is 3360. The normalized spacial score (nSPS) is 37.1. The van der Waals surface area contributed by atoms with Crippen LogP contribution < -0.4 is 0 Å². The van der Waals surface area contributed by atoms with Gasteiger partial charge in [0.15, 0.2) is 19.9 Å². The minimum Gasteiger partial charge on any atom is -0.492 e. The molecule has 7 saturated heterocycles. The first kappa shape index (κ1) is 72.6. The lowest BCUT2D eigenvalue weighted by Crippen LogP contribution is -2.63. The van der Waals surface area contributed by atoms with E-state index >= 15 is 0 Å². The van der Waals surface area contributed by atoms with Gasteiger partial charge in [-0.15, -0.1) is 0 Å². The van der Waals surface area contributed by atoms with Crippen LogP contribution in [0.25, 0.3) is 0 Å². The van der Waals surface area contributed by atoms with E-state index in [0.717, 1.165) is 46.4 Å². The highest BCUT2D eigenvalue weighted by Crippen LogP contribution is 2.52. The highest BCUT2D eigenvalue weighted by molar-refractivity contribution is 6.74. The van der Waals surface area contributed by atoms with E-state index < -0.39 is 80.4 Å². The molecule has 13 rings (SSSR count). The van der Waals surface area contributed by atoms with E-state index in [2.05, 4.69) is 172 Å². The molecule has 22 atom stereocenters. The summed E-state index contributed by atoms with van der Waals surface area (Å²) >= 11 is 0. The quantitative estimate of drug-likeness (QED) is 0.0683. The predicted molar refractivity (Wildman–Crippen MR) is 381 cm³/mol. The highest BCUT2D eigenvalue weighted by Gasteiger charge is 2.62. The summed E-state index contributed by atoms with van der Waals surface area (Å²) in [4.78, 5) is 0. The lowest BCUT2D eigenvalue weighted by atomic mass is 9.76. The summed E-state index contributed by atoms with van der Waals surface area (Å²) in [5.74, 6) is -0.860. The van der Waals surface area contributed by atoms with E-state index in [1.54, 1.807) is 0 Å². The number of fused-ring (bicyclic) bond motifs is 5. The van der Waals surface area contributed by atoms with E-state index in [4.69, 9.17) is 70.7 Å². The molecule has 0 N–H and O–H groups in total. The van der Waals surface area contributed by atoms with Crippen LogP contribution >= 0.6 is 0 Å². The van der Waals surface area contributed by atoms with E-state index in [1.165, 1.54) is 0 Å². The van der Waals surface area contributed by atoms with Crippen molar-refractivity contribution in [3.63, 3.8) is 0 Å². The Balaban J connectivity index is 0.829. The molecule has 0 bridgehead atoms. The Kier molecular flexibility index (Phi) is 23.0. The first-order chi connectivity index (χ1) is 47.6. The molecule has 0 saturated carbocycles. The molecule has 538 valence electrons. The molecule has 0 aliphatic carbocycles. The Morgan fingerprint density at radius 3 is 1.64 bits per heavy atom. The number of rotatable bonds is 20. The van der Waals surface area contributed by atoms with Gasteiger partial charge in [0.05, 0.1) is 131 Å². The van der Waals surface area contributed by atoms with Gasteiger partial charge < -0.3 is 70.7 Å². The summed E-state index contributed by atoms with van der Waals surface area (Å²) in [6.07, 6.45) is 0.609. The third-order valence-corrected chi connectivity index (χ3v) is 27.8. The Labute approximate surface area is 590 Å². The fourth-order valence-corrected chi connectivity index (χ4v) is 17.9. The fourth-order valence-electron chi connectivity index (χ4n) is 16.6. The van der Waals surface area contributed by atoms with Crippen LogP contribution in [-0.4, -0.2) is 136 Å². The number of hydrogen-bond acceptors (Lipinski definition) is 15. The third kappa shape index (κ3) is 17.3. The molecule has 8 aliphatic rings. The molecule has 8 aliphatic heterocycles. The van der Waals surface area contributed by atoms with Gasteiger partial charge in [0, 0.05) is 56.3 Å². The third-order valence-electron chi connectivity index (χ3n) is 23.3. The summed E-state index contributed by atoms with van der Waals surface area (Å²) in [6, 6.07) is 51.8. The van der Waals surface area contributed by atoms with Gasteiger partial charge in [-0.25, -0.2) is 0 Å². The molecule has 5 aromatic carbocycles. The monoisotopic (exact) mass is 1380 g/mol. The molecular formula is C83H112O15Si. The van der Waals surface area contributed by atoms with Crippen LogP contribution in [0.5, 0.6) is 0 Å². The maximum atomic E-state index is 7.95. The second kappa shape index (κ2) is 31.3. The number of benzene rings is 5. The van der Waals surface area contributed by atoms with Gasteiger partial charge in [0.2, 0.25) is 0 Å². The van der Waals surface area contributed by atoms with Gasteiger partial charge in [-0.1, -0.05) is 200 Å². The van der Waals surface area contributed by atoms with Crippen molar-refractivity contribution in [1.29, 1.82) is 0 Å². The Morgan fingerprint density at radius 1 is 0.505 bits per heavy atom. The average molecular weight is 1380 g/mol. The van der Waals surface area contributed by atoms with Gasteiger partial charge in [-0.05, 0) is 91.6 Å². The summed E-state index contributed by atoms with van der Waals surface area (Å²) in [7, 11) is -2.42. The second-order valence-electron chi connectivity index (χ2n) is 32.2. The van der Waals surface area contributed by atoms with Crippen LogP contribution in [0.4, 0.5) is 0 Å². The first-order valence-electron chi connectivity index (χ1n) is 37.2. The molecule has 1 spiro atoms. The van der Waals surface area contributed by atoms with Crippen LogP contribution in [0.3, 0.4) is 0 Å². The van der Waals surface area contributed by atoms with Crippen molar-refractivity contribution in [2.75, 3.05) is 13.2 Å². The molecule has 99 heavy (non-hydrogen) atoms. The summed E-state index contributed by atoms with van der Waals surface area (Å²) in [5.41, 5.74) is 4.49. The van der Waals surface area contributed by atoms with Crippen molar-refractivity contribution < 1.29 is 70.7 Å². The average Bonchev–Trinajstić information content (AvgIpc) is 1.68. The Morgan fingerprint density at radius 2 is 1.03 bits per heavy atom. The lowest BCUT2D eigenvalue weighted by Gasteiger charge is -2.53. The molecule has 0 amide bonds. The molecule has 8 heterocycles. The molecule has 0 radical (unpaired) electrons. The van der Waals surface area contributed by atoms with Gasteiger partial charge in [0.1, 0.15) is 23.9 Å². The summed E-state index contributed by atoms with van der Waals surface area (Å²) in [5, 5.41) is -0.0686. The van der Waals surface area contributed by atoms with Gasteiger partial charge in [0.25, 0.3) is 0 Å². The van der Waals surface area contributed by atoms with Crippen LogP contribution in [-0.2, 0) is 104 Å².